The Hall–Kier alpha value is -2.12. The number of carboxylic acids is 1. The van der Waals surface area contributed by atoms with Gasteiger partial charge in [0.2, 0.25) is 0 Å². The zero-order valence-corrected chi connectivity index (χ0v) is 21.3. The first kappa shape index (κ1) is 24.6. The van der Waals surface area contributed by atoms with Gasteiger partial charge in [-0.15, -0.1) is 21.5 Å². The molecule has 3 aliphatic carbocycles. The number of fused-ring (bicyclic) bond motifs is 1. The van der Waals surface area contributed by atoms with E-state index in [1.54, 1.807) is 11.3 Å². The number of hydrogen-bond donors (Lipinski definition) is 1. The lowest BCUT2D eigenvalue weighted by molar-refractivity contribution is -0.138. The zero-order valence-electron chi connectivity index (χ0n) is 20.5. The van der Waals surface area contributed by atoms with Crippen molar-refractivity contribution in [1.29, 1.82) is 0 Å². The Morgan fingerprint density at radius 1 is 0.943 bits per heavy atom. The largest absolute Gasteiger partial charge is 0.481 e. The van der Waals surface area contributed by atoms with Gasteiger partial charge in [-0.05, 0) is 86.5 Å². The Labute approximate surface area is 211 Å². The van der Waals surface area contributed by atoms with Crippen molar-refractivity contribution >= 4 is 23.1 Å². The number of nitrogens with zero attached hydrogens (tertiary/aromatic N) is 2. The molecule has 188 valence electrons. The quantitative estimate of drug-likeness (QED) is 0.448. The molecular weight excluding hydrogens is 460 g/mol. The highest BCUT2D eigenvalue weighted by atomic mass is 32.1. The van der Waals surface area contributed by atoms with E-state index in [4.69, 9.17) is 9.84 Å². The lowest BCUT2D eigenvalue weighted by Crippen LogP contribution is -2.16. The lowest BCUT2D eigenvalue weighted by Gasteiger charge is -2.28. The number of ketones is 1. The molecule has 0 saturated heterocycles. The summed E-state index contributed by atoms with van der Waals surface area (Å²) in [6, 6.07) is 8.03. The van der Waals surface area contributed by atoms with Crippen LogP contribution in [0.2, 0.25) is 0 Å². The summed E-state index contributed by atoms with van der Waals surface area (Å²) in [5, 5.41) is 19.6. The van der Waals surface area contributed by atoms with Crippen molar-refractivity contribution in [2.75, 3.05) is 7.11 Å². The molecule has 2 aromatic rings. The van der Waals surface area contributed by atoms with E-state index in [1.807, 2.05) is 19.2 Å². The number of methoxy groups -OCH3 is 1. The van der Waals surface area contributed by atoms with Gasteiger partial charge in [-0.1, -0.05) is 24.3 Å². The van der Waals surface area contributed by atoms with Gasteiger partial charge in [0.15, 0.2) is 5.78 Å². The monoisotopic (exact) mass is 496 g/mol. The highest BCUT2D eigenvalue weighted by Crippen LogP contribution is 2.48. The Morgan fingerprint density at radius 2 is 1.60 bits per heavy atom. The summed E-state index contributed by atoms with van der Waals surface area (Å²) < 4.78 is 5.56. The Kier molecular flexibility index (Phi) is 7.63. The van der Waals surface area contributed by atoms with E-state index >= 15 is 0 Å². The fraction of sp³-hybridized carbons (Fsp3) is 0.643. The Bertz CT molecular complexity index is 1010. The molecule has 35 heavy (non-hydrogen) atoms. The highest BCUT2D eigenvalue weighted by Gasteiger charge is 2.41. The summed E-state index contributed by atoms with van der Waals surface area (Å²) in [6.45, 7) is 0. The maximum absolute atomic E-state index is 12.9. The lowest BCUT2D eigenvalue weighted by atomic mass is 9.77. The smallest absolute Gasteiger partial charge is 0.303 e. The van der Waals surface area contributed by atoms with E-state index in [0.29, 0.717) is 30.3 Å². The molecule has 1 aromatic carbocycles. The summed E-state index contributed by atoms with van der Waals surface area (Å²) in [4.78, 5) is 23.8. The molecule has 3 aliphatic rings. The van der Waals surface area contributed by atoms with Crippen LogP contribution in [0.5, 0.6) is 0 Å². The highest BCUT2D eigenvalue weighted by molar-refractivity contribution is 7.11. The molecule has 2 unspecified atom stereocenters. The number of aromatic nitrogens is 2. The molecule has 0 amide bonds. The van der Waals surface area contributed by atoms with Crippen LogP contribution in [-0.4, -0.2) is 40.3 Å². The van der Waals surface area contributed by atoms with Gasteiger partial charge in [0.1, 0.15) is 10.0 Å². The van der Waals surface area contributed by atoms with Crippen LogP contribution < -0.4 is 0 Å². The number of aliphatic carboxylic acids is 1. The average molecular weight is 497 g/mol. The van der Waals surface area contributed by atoms with Crippen LogP contribution >= 0.6 is 11.3 Å². The maximum Gasteiger partial charge on any atom is 0.303 e. The van der Waals surface area contributed by atoms with E-state index in [-0.39, 0.29) is 12.2 Å². The van der Waals surface area contributed by atoms with Crippen molar-refractivity contribution in [2.24, 2.45) is 23.7 Å². The second-order valence-corrected chi connectivity index (χ2v) is 12.2. The summed E-state index contributed by atoms with van der Waals surface area (Å²) in [5.74, 6) is 2.46. The molecular formula is C28H36N2O4S. The van der Waals surface area contributed by atoms with Crippen LogP contribution in [0, 0.1) is 23.7 Å². The Balaban J connectivity index is 1.10. The minimum absolute atomic E-state index is 0.0884. The van der Waals surface area contributed by atoms with Crippen molar-refractivity contribution in [3.63, 3.8) is 0 Å². The van der Waals surface area contributed by atoms with Gasteiger partial charge < -0.3 is 9.84 Å². The first-order chi connectivity index (χ1) is 17.0. The standard InChI is InChI=1S/C28H36N2O4S/c1-34-24-14-22-10-18(11-23(22)15-24)12-26-29-30-27(35-26)16-25(31)21-8-6-20(7-9-21)19-4-2-17(3-5-19)13-28(32)33/h6-9,17-19,22-24H,2-5,10-16H2,1H3,(H,32,33)/t17?,18?,19?,22-,23+,24?. The predicted molar refractivity (Wildman–Crippen MR) is 135 cm³/mol. The molecule has 0 aliphatic heterocycles. The van der Waals surface area contributed by atoms with Crippen molar-refractivity contribution < 1.29 is 19.4 Å². The second-order valence-electron chi connectivity index (χ2n) is 11.0. The number of ether oxygens (including phenoxy) is 1. The van der Waals surface area contributed by atoms with Crippen molar-refractivity contribution in [3.8, 4) is 0 Å². The van der Waals surface area contributed by atoms with Crippen LogP contribution in [0.1, 0.15) is 89.6 Å². The van der Waals surface area contributed by atoms with E-state index < -0.39 is 5.97 Å². The fourth-order valence-electron chi connectivity index (χ4n) is 6.86. The van der Waals surface area contributed by atoms with Crippen LogP contribution in [0.25, 0.3) is 0 Å². The number of Topliss-reactive ketones (excluding diaryl/α,β-unsaturated/α-hetero) is 1. The first-order valence-corrected chi connectivity index (χ1v) is 14.0. The third kappa shape index (κ3) is 6.00. The third-order valence-corrected chi connectivity index (χ3v) is 9.65. The van der Waals surface area contributed by atoms with Crippen LogP contribution in [0.4, 0.5) is 0 Å². The summed E-state index contributed by atoms with van der Waals surface area (Å²) >= 11 is 1.60. The number of carbonyl (C=O) groups excluding carboxylic acids is 1. The fourth-order valence-corrected chi connectivity index (χ4v) is 7.82. The molecule has 0 radical (unpaired) electrons. The number of rotatable bonds is 9. The summed E-state index contributed by atoms with van der Waals surface area (Å²) in [7, 11) is 1.83. The molecule has 0 bridgehead atoms. The van der Waals surface area contributed by atoms with E-state index in [2.05, 4.69) is 22.3 Å². The van der Waals surface area contributed by atoms with Gasteiger partial charge in [0.25, 0.3) is 0 Å². The molecule has 1 heterocycles. The number of hydrogen-bond acceptors (Lipinski definition) is 6. The molecule has 3 saturated carbocycles. The molecule has 1 N–H and O–H groups in total. The van der Waals surface area contributed by atoms with Gasteiger partial charge in [-0.2, -0.15) is 0 Å². The van der Waals surface area contributed by atoms with E-state index in [1.165, 1.54) is 31.2 Å². The van der Waals surface area contributed by atoms with Gasteiger partial charge in [-0.3, -0.25) is 9.59 Å². The molecule has 1 aromatic heterocycles. The van der Waals surface area contributed by atoms with E-state index in [9.17, 15) is 9.59 Å². The summed E-state index contributed by atoms with van der Waals surface area (Å²) in [6.07, 6.45) is 11.0. The predicted octanol–water partition coefficient (Wildman–Crippen LogP) is 5.71. The van der Waals surface area contributed by atoms with Crippen LogP contribution in [0.15, 0.2) is 24.3 Å². The SMILES string of the molecule is COC1C[C@H]2CC(Cc3nnc(CC(=O)c4ccc(C5CCC(CC(=O)O)CC5)cc4)s3)C[C@H]2C1. The molecule has 3 fully saturated rings. The van der Waals surface area contributed by atoms with Crippen molar-refractivity contribution in [1.82, 2.24) is 10.2 Å². The molecule has 5 rings (SSSR count). The van der Waals surface area contributed by atoms with Crippen molar-refractivity contribution in [2.45, 2.75) is 82.7 Å². The van der Waals surface area contributed by atoms with Crippen LogP contribution in [-0.2, 0) is 22.4 Å². The molecule has 7 heteroatoms. The third-order valence-electron chi connectivity index (χ3n) is 8.70. The van der Waals surface area contributed by atoms with Gasteiger partial charge in [0, 0.05) is 25.5 Å². The maximum atomic E-state index is 12.9. The van der Waals surface area contributed by atoms with Gasteiger partial charge in [-0.25, -0.2) is 0 Å². The minimum Gasteiger partial charge on any atom is -0.481 e. The first-order valence-electron chi connectivity index (χ1n) is 13.2. The second kappa shape index (κ2) is 10.9. The number of benzene rings is 1. The number of carbonyl (C=O) groups is 2. The van der Waals surface area contributed by atoms with Gasteiger partial charge >= 0.3 is 5.97 Å². The molecule has 6 nitrogen and oxygen atoms in total. The topological polar surface area (TPSA) is 89.4 Å². The normalized spacial score (nSPS) is 30.3. The van der Waals surface area contributed by atoms with Gasteiger partial charge in [0.05, 0.1) is 12.5 Å². The number of carboxylic acid groups (broad SMARTS) is 1. The molecule has 0 spiro atoms. The van der Waals surface area contributed by atoms with Crippen molar-refractivity contribution in [3.05, 3.63) is 45.4 Å². The Morgan fingerprint density at radius 3 is 2.23 bits per heavy atom. The minimum atomic E-state index is -0.694. The zero-order chi connectivity index (χ0) is 24.4. The summed E-state index contributed by atoms with van der Waals surface area (Å²) in [5.41, 5.74) is 1.98. The average Bonchev–Trinajstić information content (AvgIpc) is 3.54. The van der Waals surface area contributed by atoms with Crippen LogP contribution in [0.3, 0.4) is 0 Å². The molecule has 4 atom stereocenters. The van der Waals surface area contributed by atoms with E-state index in [0.717, 1.165) is 59.5 Å².